The third-order valence-corrected chi connectivity index (χ3v) is 10.1. The molecule has 0 bridgehead atoms. The zero-order valence-electron chi connectivity index (χ0n) is 22.0. The summed E-state index contributed by atoms with van der Waals surface area (Å²) < 4.78 is 2.39. The highest BCUT2D eigenvalue weighted by Gasteiger charge is 2.50. The third kappa shape index (κ3) is 2.82. The molecule has 2 heterocycles. The quantitative estimate of drug-likeness (QED) is 0.208. The van der Waals surface area contributed by atoms with Gasteiger partial charge in [-0.2, -0.15) is 5.26 Å². The summed E-state index contributed by atoms with van der Waals surface area (Å²) in [5.74, 6) is 0. The lowest BCUT2D eigenvalue weighted by molar-refractivity contribution is 0.724. The Kier molecular flexibility index (Phi) is 4.57. The number of para-hydroxylation sites is 1. The van der Waals surface area contributed by atoms with Gasteiger partial charge in [-0.25, -0.2) is 0 Å². The van der Waals surface area contributed by atoms with Crippen molar-refractivity contribution in [3.63, 3.8) is 0 Å². The van der Waals surface area contributed by atoms with Crippen LogP contribution in [0.1, 0.15) is 27.8 Å². The van der Waals surface area contributed by atoms with Gasteiger partial charge in [-0.3, -0.25) is 0 Å². The average Bonchev–Trinajstić information content (AvgIpc) is 3.53. The molecule has 0 saturated carbocycles. The van der Waals surface area contributed by atoms with E-state index in [2.05, 4.69) is 132 Å². The third-order valence-electron chi connectivity index (χ3n) is 8.90. The van der Waals surface area contributed by atoms with Crippen LogP contribution in [0.4, 0.5) is 0 Å². The first-order chi connectivity index (χ1) is 20.3. The first kappa shape index (κ1) is 22.7. The molecule has 0 fully saturated rings. The lowest BCUT2D eigenvalue weighted by atomic mass is 9.67. The molecule has 7 aromatic rings. The zero-order valence-corrected chi connectivity index (χ0v) is 22.8. The number of hydrogen-bond acceptors (Lipinski definition) is 2. The zero-order chi connectivity index (χ0) is 27.1. The van der Waals surface area contributed by atoms with Gasteiger partial charge in [0.25, 0.3) is 0 Å². The van der Waals surface area contributed by atoms with Gasteiger partial charge >= 0.3 is 0 Å². The molecule has 2 nitrogen and oxygen atoms in total. The molecule has 2 aliphatic rings. The summed E-state index contributed by atoms with van der Waals surface area (Å²) in [6, 6.07) is 50.5. The van der Waals surface area contributed by atoms with Crippen LogP contribution in [0.15, 0.2) is 143 Å². The van der Waals surface area contributed by atoms with Crippen LogP contribution in [-0.2, 0) is 5.41 Å². The van der Waals surface area contributed by atoms with E-state index < -0.39 is 5.41 Å². The fourth-order valence-electron chi connectivity index (χ4n) is 7.32. The van der Waals surface area contributed by atoms with E-state index in [4.69, 9.17) is 0 Å². The molecule has 0 radical (unpaired) electrons. The second-order valence-corrected chi connectivity index (χ2v) is 11.8. The molecule has 1 aliphatic carbocycles. The van der Waals surface area contributed by atoms with Crippen molar-refractivity contribution in [2.45, 2.75) is 15.2 Å². The van der Waals surface area contributed by atoms with Crippen LogP contribution in [0.2, 0.25) is 0 Å². The van der Waals surface area contributed by atoms with Gasteiger partial charge in [0.1, 0.15) is 0 Å². The van der Waals surface area contributed by atoms with Gasteiger partial charge in [-0.05, 0) is 69.8 Å². The van der Waals surface area contributed by atoms with Gasteiger partial charge in [-0.15, -0.1) is 0 Å². The maximum atomic E-state index is 9.47. The van der Waals surface area contributed by atoms with Gasteiger partial charge in [0, 0.05) is 26.3 Å². The highest BCUT2D eigenvalue weighted by Crippen LogP contribution is 2.63. The molecule has 0 amide bonds. The summed E-state index contributed by atoms with van der Waals surface area (Å²) >= 11 is 1.88. The average molecular weight is 539 g/mol. The van der Waals surface area contributed by atoms with E-state index in [1.807, 2.05) is 23.9 Å². The van der Waals surface area contributed by atoms with Gasteiger partial charge < -0.3 is 4.57 Å². The first-order valence-electron chi connectivity index (χ1n) is 13.8. The minimum absolute atomic E-state index is 0.412. The summed E-state index contributed by atoms with van der Waals surface area (Å²) in [5, 5.41) is 11.9. The summed E-state index contributed by atoms with van der Waals surface area (Å²) in [6.07, 6.45) is 0. The van der Waals surface area contributed by atoms with Crippen molar-refractivity contribution in [3.05, 3.63) is 161 Å². The molecule has 3 heteroatoms. The second kappa shape index (κ2) is 8.24. The number of rotatable bonds is 1. The van der Waals surface area contributed by atoms with E-state index >= 15 is 0 Å². The Hall–Kier alpha value is -5.04. The molecule has 0 saturated heterocycles. The van der Waals surface area contributed by atoms with Gasteiger partial charge in [0.15, 0.2) is 0 Å². The fraction of sp³-hybridized carbons (Fsp3) is 0.0263. The largest absolute Gasteiger partial charge is 0.308 e. The number of nitriles is 1. The van der Waals surface area contributed by atoms with Crippen LogP contribution in [0.5, 0.6) is 0 Å². The van der Waals surface area contributed by atoms with Crippen molar-refractivity contribution < 1.29 is 0 Å². The lowest BCUT2D eigenvalue weighted by Gasteiger charge is -2.40. The summed E-state index contributed by atoms with van der Waals surface area (Å²) in [6.45, 7) is 0. The highest BCUT2D eigenvalue weighted by atomic mass is 32.2. The normalized spacial score (nSPS) is 13.9. The molecule has 1 spiro atoms. The van der Waals surface area contributed by atoms with Crippen molar-refractivity contribution in [3.8, 4) is 22.9 Å². The number of benzene rings is 6. The molecule has 9 rings (SSSR count). The second-order valence-electron chi connectivity index (χ2n) is 10.8. The minimum atomic E-state index is -0.412. The summed E-state index contributed by atoms with van der Waals surface area (Å²) in [5.41, 5.74) is 11.7. The molecule has 6 aromatic carbocycles. The number of hydrogen-bond donors (Lipinski definition) is 0. The Labute approximate surface area is 242 Å². The van der Waals surface area contributed by atoms with Crippen LogP contribution in [-0.4, -0.2) is 4.57 Å². The first-order valence-corrected chi connectivity index (χ1v) is 14.7. The van der Waals surface area contributed by atoms with Gasteiger partial charge in [0.2, 0.25) is 0 Å². The standard InChI is InChI=1S/C38H22N2S/c39-23-24-17-19-25(20-18-24)40-34-15-7-3-11-28(34)29-21-22-33-37(36(29)40)41-35-16-8-6-14-32(35)38(33)30-12-4-1-9-26(30)27-10-2-5-13-31(27)38/h1-22H. The maximum Gasteiger partial charge on any atom is 0.0991 e. The van der Waals surface area contributed by atoms with Crippen molar-refractivity contribution in [2.24, 2.45) is 0 Å². The number of fused-ring (bicyclic) bond motifs is 13. The minimum Gasteiger partial charge on any atom is -0.308 e. The number of nitrogens with zero attached hydrogens (tertiary/aromatic N) is 2. The molecule has 0 atom stereocenters. The molecular weight excluding hydrogens is 516 g/mol. The molecular formula is C38H22N2S. The lowest BCUT2D eigenvalue weighted by Crippen LogP contribution is -2.32. The van der Waals surface area contributed by atoms with E-state index in [0.29, 0.717) is 5.56 Å². The van der Waals surface area contributed by atoms with Crippen LogP contribution >= 0.6 is 11.8 Å². The monoisotopic (exact) mass is 538 g/mol. The van der Waals surface area contributed by atoms with E-state index in [1.54, 1.807) is 0 Å². The fourth-order valence-corrected chi connectivity index (χ4v) is 8.64. The SMILES string of the molecule is N#Cc1ccc(-n2c3ccccc3c3ccc4c(c32)Sc2ccccc2C42c3ccccc3-c3ccccc32)cc1. The number of aromatic nitrogens is 1. The van der Waals surface area contributed by atoms with Gasteiger partial charge in [-0.1, -0.05) is 109 Å². The van der Waals surface area contributed by atoms with Crippen molar-refractivity contribution in [2.75, 3.05) is 0 Å². The smallest absolute Gasteiger partial charge is 0.0991 e. The Morgan fingerprint density at radius 2 is 1.20 bits per heavy atom. The molecule has 0 unspecified atom stereocenters. The van der Waals surface area contributed by atoms with Crippen LogP contribution < -0.4 is 0 Å². The van der Waals surface area contributed by atoms with E-state index in [0.717, 1.165) is 5.69 Å². The molecule has 190 valence electrons. The van der Waals surface area contributed by atoms with Gasteiger partial charge in [0.05, 0.1) is 28.1 Å². The van der Waals surface area contributed by atoms with Crippen LogP contribution in [0.3, 0.4) is 0 Å². The predicted molar refractivity (Wildman–Crippen MR) is 167 cm³/mol. The van der Waals surface area contributed by atoms with E-state index in [1.165, 1.54) is 65.0 Å². The van der Waals surface area contributed by atoms with Crippen molar-refractivity contribution in [1.29, 1.82) is 5.26 Å². The summed E-state index contributed by atoms with van der Waals surface area (Å²) in [7, 11) is 0. The Bertz CT molecular complexity index is 2200. The highest BCUT2D eigenvalue weighted by molar-refractivity contribution is 7.99. The van der Waals surface area contributed by atoms with Crippen LogP contribution in [0, 0.1) is 11.3 Å². The Balaban J connectivity index is 1.48. The molecule has 1 aromatic heterocycles. The van der Waals surface area contributed by atoms with Crippen LogP contribution in [0.25, 0.3) is 38.6 Å². The van der Waals surface area contributed by atoms with E-state index in [9.17, 15) is 5.26 Å². The Morgan fingerprint density at radius 1 is 0.561 bits per heavy atom. The molecule has 41 heavy (non-hydrogen) atoms. The molecule has 0 N–H and O–H groups in total. The van der Waals surface area contributed by atoms with E-state index in [-0.39, 0.29) is 0 Å². The van der Waals surface area contributed by atoms with Crippen molar-refractivity contribution >= 4 is 33.6 Å². The van der Waals surface area contributed by atoms with Crippen molar-refractivity contribution in [1.82, 2.24) is 4.57 Å². The molecule has 1 aliphatic heterocycles. The summed E-state index contributed by atoms with van der Waals surface area (Å²) in [4.78, 5) is 2.57. The predicted octanol–water partition coefficient (Wildman–Crippen LogP) is 9.48. The topological polar surface area (TPSA) is 28.7 Å². The Morgan fingerprint density at radius 3 is 1.93 bits per heavy atom. The maximum absolute atomic E-state index is 9.47.